The zero-order valence-electron chi connectivity index (χ0n) is 20.5. The van der Waals surface area contributed by atoms with E-state index in [1.54, 1.807) is 21.3 Å². The molecule has 0 saturated carbocycles. The second-order valence-corrected chi connectivity index (χ2v) is 8.32. The Balaban J connectivity index is 1.97. The summed E-state index contributed by atoms with van der Waals surface area (Å²) in [6, 6.07) is 20.6. The Kier molecular flexibility index (Phi) is 9.11. The molecule has 0 aliphatic rings. The molecule has 3 aromatic rings. The Hall–Kier alpha value is -3.55. The minimum absolute atomic E-state index is 0.159. The zero-order chi connectivity index (χ0) is 25.3. The number of hydrogen-bond donors (Lipinski definition) is 3. The third-order valence-corrected chi connectivity index (χ3v) is 6.22. The number of methoxy groups -OCH3 is 3. The van der Waals surface area contributed by atoms with Crippen molar-refractivity contribution in [3.8, 4) is 17.2 Å². The average molecular weight is 479 g/mol. The van der Waals surface area contributed by atoms with Gasteiger partial charge in [-0.05, 0) is 77.9 Å². The monoisotopic (exact) mass is 478 g/mol. The van der Waals surface area contributed by atoms with Crippen molar-refractivity contribution in [1.82, 2.24) is 5.43 Å². The van der Waals surface area contributed by atoms with Gasteiger partial charge in [-0.2, -0.15) is 0 Å². The van der Waals surface area contributed by atoms with E-state index < -0.39 is 5.60 Å². The van der Waals surface area contributed by atoms with E-state index in [1.165, 1.54) is 0 Å². The van der Waals surface area contributed by atoms with Crippen molar-refractivity contribution < 1.29 is 24.1 Å². The van der Waals surface area contributed by atoms with Crippen LogP contribution in [0.1, 0.15) is 47.9 Å². The molecule has 3 aromatic carbocycles. The number of nitrogens with one attached hydrogen (secondary N) is 1. The first-order valence-electron chi connectivity index (χ1n) is 11.6. The lowest BCUT2D eigenvalue weighted by molar-refractivity contribution is -0.121. The number of hydrazine groups is 1. The summed E-state index contributed by atoms with van der Waals surface area (Å²) in [4.78, 5) is 11.4. The quantitative estimate of drug-likeness (QED) is 0.119. The van der Waals surface area contributed by atoms with Crippen LogP contribution in [0.3, 0.4) is 0 Å². The van der Waals surface area contributed by atoms with Crippen LogP contribution in [0.4, 0.5) is 0 Å². The Morgan fingerprint density at radius 1 is 0.800 bits per heavy atom. The average Bonchev–Trinajstić information content (AvgIpc) is 2.92. The summed E-state index contributed by atoms with van der Waals surface area (Å²) in [6.07, 6.45) is 3.67. The lowest BCUT2D eigenvalue weighted by atomic mass is 9.79. The molecule has 1 amide bonds. The maximum atomic E-state index is 12.3. The number of carbonyl (C=O) groups excluding carboxylic acids is 1. The van der Waals surface area contributed by atoms with Crippen molar-refractivity contribution in [2.24, 2.45) is 5.84 Å². The minimum atomic E-state index is -1.40. The summed E-state index contributed by atoms with van der Waals surface area (Å²) < 4.78 is 16.2. The molecular weight excluding hydrogens is 444 g/mol. The number of ether oxygens (including phenoxy) is 3. The Labute approximate surface area is 206 Å². The van der Waals surface area contributed by atoms with Gasteiger partial charge in [0.05, 0.1) is 21.3 Å². The molecule has 0 aromatic heterocycles. The topological polar surface area (TPSA) is 103 Å². The predicted molar refractivity (Wildman–Crippen MR) is 136 cm³/mol. The van der Waals surface area contributed by atoms with E-state index in [-0.39, 0.29) is 5.91 Å². The second-order valence-electron chi connectivity index (χ2n) is 8.32. The van der Waals surface area contributed by atoms with Crippen LogP contribution in [0, 0.1) is 0 Å². The largest absolute Gasteiger partial charge is 0.497 e. The summed E-state index contributed by atoms with van der Waals surface area (Å²) in [6.45, 7) is 0. The van der Waals surface area contributed by atoms with Crippen LogP contribution in [0.25, 0.3) is 0 Å². The van der Waals surface area contributed by atoms with Gasteiger partial charge in [-0.15, -0.1) is 0 Å². The van der Waals surface area contributed by atoms with Crippen LogP contribution in [0.5, 0.6) is 17.2 Å². The number of unbranched alkanes of at least 4 members (excludes halogenated alkanes) is 2. The first kappa shape index (κ1) is 26.1. The highest BCUT2D eigenvalue weighted by Crippen LogP contribution is 2.39. The molecule has 0 saturated heterocycles. The SMILES string of the molecule is COc1ccc(C(O)(c2ccc(OC)cc2)c2ccc(OC)c(CCCCCC(=O)NN)c2)cc1. The molecule has 4 N–H and O–H groups in total. The Bertz CT molecular complexity index is 1050. The van der Waals surface area contributed by atoms with E-state index in [0.29, 0.717) is 29.0 Å². The highest BCUT2D eigenvalue weighted by atomic mass is 16.5. The maximum absolute atomic E-state index is 12.3. The molecule has 35 heavy (non-hydrogen) atoms. The van der Waals surface area contributed by atoms with Gasteiger partial charge in [-0.25, -0.2) is 5.84 Å². The third kappa shape index (κ3) is 6.12. The lowest BCUT2D eigenvalue weighted by Crippen LogP contribution is -2.29. The molecule has 0 atom stereocenters. The van der Waals surface area contributed by atoms with E-state index in [4.69, 9.17) is 20.1 Å². The molecule has 0 fully saturated rings. The van der Waals surface area contributed by atoms with Gasteiger partial charge in [0.2, 0.25) is 5.91 Å². The van der Waals surface area contributed by atoms with Gasteiger partial charge < -0.3 is 19.3 Å². The number of rotatable bonds is 12. The number of amides is 1. The summed E-state index contributed by atoms with van der Waals surface area (Å²) >= 11 is 0. The van der Waals surface area contributed by atoms with Gasteiger partial charge in [0, 0.05) is 6.42 Å². The van der Waals surface area contributed by atoms with Crippen LogP contribution in [0.2, 0.25) is 0 Å². The number of hydrogen-bond acceptors (Lipinski definition) is 6. The van der Waals surface area contributed by atoms with Gasteiger partial charge in [-0.1, -0.05) is 36.8 Å². The Morgan fingerprint density at radius 2 is 1.34 bits per heavy atom. The van der Waals surface area contributed by atoms with Crippen LogP contribution < -0.4 is 25.5 Å². The number of aliphatic hydroxyl groups is 1. The molecule has 0 radical (unpaired) electrons. The van der Waals surface area contributed by atoms with Gasteiger partial charge in [0.15, 0.2) is 0 Å². The van der Waals surface area contributed by atoms with E-state index in [0.717, 1.165) is 42.6 Å². The molecule has 7 nitrogen and oxygen atoms in total. The fourth-order valence-corrected chi connectivity index (χ4v) is 4.21. The molecular formula is C28H34N2O5. The maximum Gasteiger partial charge on any atom is 0.233 e. The zero-order valence-corrected chi connectivity index (χ0v) is 20.5. The number of nitrogens with two attached hydrogens (primary N) is 1. The van der Waals surface area contributed by atoms with Gasteiger partial charge in [-0.3, -0.25) is 10.2 Å². The standard InChI is InChI=1S/C28H34N2O5/c1-33-24-14-9-21(10-15-24)28(32,22-11-16-25(34-2)17-12-22)23-13-18-26(35-3)20(19-23)7-5-4-6-8-27(31)30-29/h9-19,32H,4-8,29H2,1-3H3,(H,30,31). The molecule has 186 valence electrons. The lowest BCUT2D eigenvalue weighted by Gasteiger charge is -2.31. The summed E-state index contributed by atoms with van der Waals surface area (Å²) in [5, 5.41) is 12.3. The first-order valence-corrected chi connectivity index (χ1v) is 11.6. The van der Waals surface area contributed by atoms with Crippen molar-refractivity contribution >= 4 is 5.91 Å². The van der Waals surface area contributed by atoms with Crippen molar-refractivity contribution in [2.75, 3.05) is 21.3 Å². The van der Waals surface area contributed by atoms with E-state index in [9.17, 15) is 9.90 Å². The minimum Gasteiger partial charge on any atom is -0.497 e. The van der Waals surface area contributed by atoms with Crippen molar-refractivity contribution in [3.63, 3.8) is 0 Å². The van der Waals surface area contributed by atoms with E-state index in [1.807, 2.05) is 66.7 Å². The van der Waals surface area contributed by atoms with E-state index in [2.05, 4.69) is 5.43 Å². The van der Waals surface area contributed by atoms with Crippen LogP contribution in [-0.2, 0) is 16.8 Å². The van der Waals surface area contributed by atoms with E-state index >= 15 is 0 Å². The molecule has 0 bridgehead atoms. The number of benzene rings is 3. The summed E-state index contributed by atoms with van der Waals surface area (Å²) in [5.41, 5.74) is 3.91. The van der Waals surface area contributed by atoms with Crippen molar-refractivity contribution in [2.45, 2.75) is 37.7 Å². The van der Waals surface area contributed by atoms with Crippen molar-refractivity contribution in [3.05, 3.63) is 89.0 Å². The van der Waals surface area contributed by atoms with Crippen LogP contribution in [-0.4, -0.2) is 32.3 Å². The molecule has 0 spiro atoms. The Morgan fingerprint density at radius 3 is 1.83 bits per heavy atom. The fraction of sp³-hybridized carbons (Fsp3) is 0.321. The van der Waals surface area contributed by atoms with Gasteiger partial charge in [0.25, 0.3) is 0 Å². The highest BCUT2D eigenvalue weighted by Gasteiger charge is 2.34. The van der Waals surface area contributed by atoms with Crippen LogP contribution >= 0.6 is 0 Å². The molecule has 0 unspecified atom stereocenters. The third-order valence-electron chi connectivity index (χ3n) is 6.22. The summed E-state index contributed by atoms with van der Waals surface area (Å²) in [7, 11) is 4.87. The highest BCUT2D eigenvalue weighted by molar-refractivity contribution is 5.75. The normalized spacial score (nSPS) is 11.1. The molecule has 0 aliphatic carbocycles. The summed E-state index contributed by atoms with van der Waals surface area (Å²) in [5.74, 6) is 7.18. The second kappa shape index (κ2) is 12.2. The fourth-order valence-electron chi connectivity index (χ4n) is 4.21. The van der Waals surface area contributed by atoms with Crippen LogP contribution in [0.15, 0.2) is 66.7 Å². The number of aryl methyl sites for hydroxylation is 1. The molecule has 0 aliphatic heterocycles. The molecule has 7 heteroatoms. The molecule has 0 heterocycles. The van der Waals surface area contributed by atoms with Gasteiger partial charge >= 0.3 is 0 Å². The first-order chi connectivity index (χ1) is 17.0. The predicted octanol–water partition coefficient (Wildman–Crippen LogP) is 4.09. The van der Waals surface area contributed by atoms with Crippen molar-refractivity contribution in [1.29, 1.82) is 0 Å². The number of carbonyl (C=O) groups is 1. The van der Waals surface area contributed by atoms with Gasteiger partial charge in [0.1, 0.15) is 22.8 Å². The smallest absolute Gasteiger partial charge is 0.233 e. The molecule has 3 rings (SSSR count).